The molecule has 8 rings (SSSR count). The van der Waals surface area contributed by atoms with Crippen molar-refractivity contribution in [1.82, 2.24) is 0 Å². The average molecular weight is 1070 g/mol. The summed E-state index contributed by atoms with van der Waals surface area (Å²) < 4.78 is 0. The van der Waals surface area contributed by atoms with Crippen LogP contribution >= 0.6 is 90.7 Å². The molecule has 8 heterocycles. The predicted molar refractivity (Wildman–Crippen MR) is 317 cm³/mol. The minimum absolute atomic E-state index is 0.846. The molecule has 0 spiro atoms. The molecule has 0 aliphatic rings. The quantitative estimate of drug-likeness (QED) is 0.0313. The minimum Gasteiger partial charge on any atom is -0.297 e. The topological polar surface area (TPSA) is 17.1 Å². The van der Waals surface area contributed by atoms with Gasteiger partial charge in [-0.2, -0.15) is 0 Å². The first kappa shape index (κ1) is 52.6. The largest absolute Gasteiger partial charge is 0.297 e. The van der Waals surface area contributed by atoms with Gasteiger partial charge in [0.1, 0.15) is 0 Å². The van der Waals surface area contributed by atoms with Gasteiger partial charge in [-0.1, -0.05) is 105 Å². The summed E-state index contributed by atoms with van der Waals surface area (Å²) in [5.41, 5.74) is 6.00. The predicted octanol–water partition coefficient (Wildman–Crippen LogP) is 22.7. The first-order valence-electron chi connectivity index (χ1n) is 26.3. The normalized spacial score (nSPS) is 11.7. The van der Waals surface area contributed by atoms with E-state index in [1.165, 1.54) is 198 Å². The monoisotopic (exact) mass is 1060 g/mol. The van der Waals surface area contributed by atoms with E-state index in [0.717, 1.165) is 30.4 Å². The summed E-state index contributed by atoms with van der Waals surface area (Å²) in [6.07, 6.45) is 29.7. The van der Waals surface area contributed by atoms with Crippen molar-refractivity contribution in [2.45, 2.75) is 175 Å². The highest BCUT2D eigenvalue weighted by atomic mass is 32.1. The Balaban J connectivity index is 0.954. The number of aldehydes is 1. The number of aryl methyl sites for hydroxylation is 6. The SMILES string of the molecule is CCCCCCc1ccsc1-c1ccc(-c2ccc(-c3sc(CCCc4cc(CCCCCC)c(-c5ccc(-c6ccc(-c7sc(C=O)cc7CCCCCC)s6)s5)s4)cc3CCCCCC)s2)s1. The van der Waals surface area contributed by atoms with Crippen molar-refractivity contribution in [3.63, 3.8) is 0 Å². The van der Waals surface area contributed by atoms with Crippen molar-refractivity contribution >= 4 is 97.0 Å². The van der Waals surface area contributed by atoms with Crippen molar-refractivity contribution in [3.8, 4) is 58.5 Å². The van der Waals surface area contributed by atoms with Crippen molar-refractivity contribution in [2.75, 3.05) is 0 Å². The minimum atomic E-state index is 0.846. The van der Waals surface area contributed by atoms with Crippen molar-refractivity contribution < 1.29 is 4.79 Å². The molecule has 0 amide bonds. The second kappa shape index (κ2) is 27.4. The van der Waals surface area contributed by atoms with Gasteiger partial charge in [-0.15, -0.1) is 90.7 Å². The van der Waals surface area contributed by atoms with Gasteiger partial charge in [0, 0.05) is 68.3 Å². The Bertz CT molecular complexity index is 2760. The fourth-order valence-corrected chi connectivity index (χ4v) is 18.7. The third-order valence-electron chi connectivity index (χ3n) is 13.3. The summed E-state index contributed by atoms with van der Waals surface area (Å²) in [5.74, 6) is 0. The highest BCUT2D eigenvalue weighted by Gasteiger charge is 2.20. The molecule has 0 aliphatic heterocycles. The molecule has 0 saturated heterocycles. The van der Waals surface area contributed by atoms with Crippen LogP contribution in [0.4, 0.5) is 0 Å². The molecule has 0 atom stereocenters. The Morgan fingerprint density at radius 3 is 1.10 bits per heavy atom. The van der Waals surface area contributed by atoms with E-state index in [0.29, 0.717) is 0 Å². The molecular weight excluding hydrogens is 993 g/mol. The van der Waals surface area contributed by atoms with Crippen LogP contribution < -0.4 is 0 Å². The Hall–Kier alpha value is -2.73. The molecule has 0 bridgehead atoms. The van der Waals surface area contributed by atoms with Crippen LogP contribution in [-0.2, 0) is 38.5 Å². The smallest absolute Gasteiger partial charge is 0.160 e. The number of carbonyl (C=O) groups excluding carboxylic acids is 1. The molecule has 0 aromatic carbocycles. The van der Waals surface area contributed by atoms with Gasteiger partial charge in [-0.25, -0.2) is 0 Å². The van der Waals surface area contributed by atoms with Crippen LogP contribution in [0.15, 0.2) is 78.2 Å². The van der Waals surface area contributed by atoms with E-state index >= 15 is 0 Å². The van der Waals surface area contributed by atoms with Crippen LogP contribution in [-0.4, -0.2) is 6.29 Å². The van der Waals surface area contributed by atoms with E-state index in [-0.39, 0.29) is 0 Å². The van der Waals surface area contributed by atoms with Crippen LogP contribution in [0, 0.1) is 0 Å². The first-order chi connectivity index (χ1) is 34.0. The maximum atomic E-state index is 11.8. The number of carbonyl (C=O) groups is 1. The molecule has 0 radical (unpaired) electrons. The lowest BCUT2D eigenvalue weighted by Crippen LogP contribution is -1.87. The molecule has 366 valence electrons. The van der Waals surface area contributed by atoms with Gasteiger partial charge in [0.25, 0.3) is 0 Å². The van der Waals surface area contributed by atoms with Crippen LogP contribution in [0.3, 0.4) is 0 Å². The Kier molecular flexibility index (Phi) is 20.9. The van der Waals surface area contributed by atoms with Crippen molar-refractivity contribution in [3.05, 3.63) is 115 Å². The molecule has 1 nitrogen and oxygen atoms in total. The summed E-state index contributed by atoms with van der Waals surface area (Å²) in [5, 5.41) is 2.29. The van der Waals surface area contributed by atoms with Crippen LogP contribution in [0.5, 0.6) is 0 Å². The number of rotatable bonds is 31. The summed E-state index contributed by atoms with van der Waals surface area (Å²) in [7, 11) is 0. The number of hydrogen-bond donors (Lipinski definition) is 0. The third-order valence-corrected chi connectivity index (χ3v) is 23.2. The summed E-state index contributed by atoms with van der Waals surface area (Å²) in [6, 6.07) is 28.5. The summed E-state index contributed by atoms with van der Waals surface area (Å²) in [6.45, 7) is 9.19. The van der Waals surface area contributed by atoms with Gasteiger partial charge in [-0.05, 0) is 171 Å². The molecule has 9 heteroatoms. The zero-order valence-electron chi connectivity index (χ0n) is 41.5. The molecule has 0 N–H and O–H groups in total. The van der Waals surface area contributed by atoms with E-state index in [4.69, 9.17) is 0 Å². The number of thiophene rings is 8. The zero-order valence-corrected chi connectivity index (χ0v) is 48.1. The van der Waals surface area contributed by atoms with Crippen LogP contribution in [0.25, 0.3) is 58.5 Å². The van der Waals surface area contributed by atoms with E-state index in [1.807, 2.05) is 56.7 Å². The van der Waals surface area contributed by atoms with Gasteiger partial charge >= 0.3 is 0 Å². The molecule has 0 saturated carbocycles. The van der Waals surface area contributed by atoms with Crippen molar-refractivity contribution in [1.29, 1.82) is 0 Å². The Labute approximate surface area is 446 Å². The highest BCUT2D eigenvalue weighted by Crippen LogP contribution is 2.47. The maximum Gasteiger partial charge on any atom is 0.160 e. The fraction of sp³-hybridized carbons (Fsp3) is 0.450. The maximum absolute atomic E-state index is 11.8. The number of hydrogen-bond acceptors (Lipinski definition) is 9. The van der Waals surface area contributed by atoms with Gasteiger partial charge < -0.3 is 0 Å². The van der Waals surface area contributed by atoms with E-state index in [2.05, 4.69) is 129 Å². The Morgan fingerprint density at radius 2 is 0.696 bits per heavy atom. The van der Waals surface area contributed by atoms with Crippen molar-refractivity contribution in [2.24, 2.45) is 0 Å². The van der Waals surface area contributed by atoms with E-state index in [1.54, 1.807) is 32.2 Å². The number of unbranched alkanes of at least 4 members (excludes halogenated alkanes) is 12. The second-order valence-corrected chi connectivity index (χ2v) is 27.4. The average Bonchev–Trinajstić information content (AvgIpc) is 4.20. The standard InChI is InChI=1S/C60H72OS8/c1-5-9-13-17-22-42-36-37-62-57(42)53-32-28-49(66-53)50-29-33-54(67-50)58-43(23-18-14-10-6-2)38-46(63-58)26-21-27-47-39-44(24-19-15-11-7-3)59(64-47)55-34-30-51(68-55)52-31-35-56(69-52)60-45(25-20-16-12-8-4)40-48(41-61)65-60/h28-41H,5-27H2,1-4H3. The van der Waals surface area contributed by atoms with Crippen LogP contribution in [0.1, 0.15) is 179 Å². The molecule has 8 aromatic rings. The van der Waals surface area contributed by atoms with Gasteiger partial charge in [0.15, 0.2) is 6.29 Å². The fourth-order valence-electron chi connectivity index (χ4n) is 9.43. The lowest BCUT2D eigenvalue weighted by molar-refractivity contribution is 0.112. The second-order valence-electron chi connectivity index (χ2n) is 18.8. The molecule has 0 unspecified atom stereocenters. The molecule has 0 aliphatic carbocycles. The zero-order chi connectivity index (χ0) is 47.8. The molecule has 0 fully saturated rings. The van der Waals surface area contributed by atoms with E-state index in [9.17, 15) is 4.79 Å². The first-order valence-corrected chi connectivity index (χ1v) is 32.9. The highest BCUT2D eigenvalue weighted by molar-refractivity contribution is 7.29. The van der Waals surface area contributed by atoms with Gasteiger partial charge in [0.05, 0.1) is 4.88 Å². The van der Waals surface area contributed by atoms with E-state index < -0.39 is 0 Å². The lowest BCUT2D eigenvalue weighted by Gasteiger charge is -2.02. The van der Waals surface area contributed by atoms with Gasteiger partial charge in [0.2, 0.25) is 0 Å². The molecule has 8 aromatic heterocycles. The van der Waals surface area contributed by atoms with Crippen LogP contribution in [0.2, 0.25) is 0 Å². The summed E-state index contributed by atoms with van der Waals surface area (Å²) in [4.78, 5) is 32.6. The third kappa shape index (κ3) is 14.3. The molecule has 69 heavy (non-hydrogen) atoms. The Morgan fingerprint density at radius 1 is 0.333 bits per heavy atom. The van der Waals surface area contributed by atoms with Gasteiger partial charge in [-0.3, -0.25) is 4.79 Å². The molecular formula is C60H72OS8. The lowest BCUT2D eigenvalue weighted by atomic mass is 10.0. The summed E-state index contributed by atoms with van der Waals surface area (Å²) >= 11 is 15.5.